The molecule has 0 saturated heterocycles. The van der Waals surface area contributed by atoms with E-state index < -0.39 is 0 Å². The van der Waals surface area contributed by atoms with Gasteiger partial charge in [-0.05, 0) is 53.3 Å². The second kappa shape index (κ2) is 4.77. The predicted octanol–water partition coefficient (Wildman–Crippen LogP) is 5.15. The molecule has 2 aromatic carbocycles. The fraction of sp³-hybridized carbons (Fsp3) is 0.300. The first kappa shape index (κ1) is 12.7. The van der Waals surface area contributed by atoms with Crippen LogP contribution in [0, 0.1) is 0 Å². The normalized spacial score (nSPS) is 19.3. The second-order valence-electron chi connectivity index (χ2n) is 6.33. The lowest BCUT2D eigenvalue weighted by atomic mass is 9.66. The van der Waals surface area contributed by atoms with Gasteiger partial charge in [-0.1, -0.05) is 55.7 Å². The first-order valence-corrected chi connectivity index (χ1v) is 7.91. The molecule has 4 rings (SSSR count). The van der Waals surface area contributed by atoms with Crippen LogP contribution in [-0.4, -0.2) is 5.11 Å². The predicted molar refractivity (Wildman–Crippen MR) is 87.2 cm³/mol. The van der Waals surface area contributed by atoms with Crippen molar-refractivity contribution in [2.75, 3.05) is 0 Å². The molecule has 1 nitrogen and oxygen atoms in total. The molecule has 2 aromatic rings. The number of phenolic OH excluding ortho intramolecular Hbond substituents is 1. The molecule has 2 aliphatic rings. The molecule has 0 radical (unpaired) electrons. The zero-order valence-corrected chi connectivity index (χ0v) is 12.2. The summed E-state index contributed by atoms with van der Waals surface area (Å²) in [6, 6.07) is 16.6. The molecule has 21 heavy (non-hydrogen) atoms. The maximum atomic E-state index is 9.56. The van der Waals surface area contributed by atoms with Gasteiger partial charge < -0.3 is 5.11 Å². The lowest BCUT2D eigenvalue weighted by molar-refractivity contribution is 0.372. The summed E-state index contributed by atoms with van der Waals surface area (Å²) in [4.78, 5) is 0. The maximum Gasteiger partial charge on any atom is 0.115 e. The Morgan fingerprint density at radius 1 is 0.810 bits per heavy atom. The number of aromatic hydroxyl groups is 1. The fourth-order valence-electron chi connectivity index (χ4n) is 4.19. The van der Waals surface area contributed by atoms with Crippen LogP contribution in [0.5, 0.6) is 5.75 Å². The molecule has 0 heterocycles. The molecule has 0 atom stereocenters. The Morgan fingerprint density at radius 2 is 1.52 bits per heavy atom. The van der Waals surface area contributed by atoms with Crippen molar-refractivity contribution in [3.63, 3.8) is 0 Å². The Bertz CT molecular complexity index is 688. The summed E-state index contributed by atoms with van der Waals surface area (Å²) in [5, 5.41) is 9.56. The van der Waals surface area contributed by atoms with Crippen LogP contribution in [0.15, 0.2) is 48.5 Å². The van der Waals surface area contributed by atoms with Crippen LogP contribution in [0.2, 0.25) is 0 Å². The van der Waals surface area contributed by atoms with Crippen molar-refractivity contribution in [1.29, 1.82) is 0 Å². The lowest BCUT2D eigenvalue weighted by Crippen LogP contribution is -2.28. The van der Waals surface area contributed by atoms with E-state index in [0.717, 1.165) is 0 Å². The van der Waals surface area contributed by atoms with Gasteiger partial charge in [-0.25, -0.2) is 0 Å². The van der Waals surface area contributed by atoms with Crippen molar-refractivity contribution in [2.24, 2.45) is 0 Å². The summed E-state index contributed by atoms with van der Waals surface area (Å²) in [6.45, 7) is 0. The highest BCUT2D eigenvalue weighted by molar-refractivity contribution is 5.94. The summed E-state index contributed by atoms with van der Waals surface area (Å²) in [5.74, 6) is 0.340. The highest BCUT2D eigenvalue weighted by Crippen LogP contribution is 2.54. The molecule has 0 bridgehead atoms. The third-order valence-corrected chi connectivity index (χ3v) is 5.18. The van der Waals surface area contributed by atoms with Crippen LogP contribution >= 0.6 is 0 Å². The molecule has 1 spiro atoms. The smallest absolute Gasteiger partial charge is 0.115 e. The van der Waals surface area contributed by atoms with Gasteiger partial charge >= 0.3 is 0 Å². The van der Waals surface area contributed by atoms with Crippen molar-refractivity contribution >= 4 is 11.6 Å². The number of allylic oxidation sites excluding steroid dienone is 1. The van der Waals surface area contributed by atoms with E-state index in [1.165, 1.54) is 54.4 Å². The van der Waals surface area contributed by atoms with Crippen LogP contribution in [-0.2, 0) is 5.41 Å². The number of rotatable bonds is 1. The van der Waals surface area contributed by atoms with Gasteiger partial charge in [0.1, 0.15) is 5.75 Å². The minimum Gasteiger partial charge on any atom is -0.508 e. The molecule has 0 aliphatic heterocycles. The molecule has 106 valence electrons. The number of benzene rings is 2. The van der Waals surface area contributed by atoms with Crippen LogP contribution in [0.25, 0.3) is 11.6 Å². The molecule has 2 aliphatic carbocycles. The molecule has 1 heteroatoms. The van der Waals surface area contributed by atoms with E-state index in [-0.39, 0.29) is 5.41 Å². The molecule has 1 saturated carbocycles. The molecular weight excluding hydrogens is 256 g/mol. The number of fused-ring (bicyclic) bond motifs is 2. The molecule has 1 N–H and O–H groups in total. The van der Waals surface area contributed by atoms with Gasteiger partial charge in [0.2, 0.25) is 0 Å². The van der Waals surface area contributed by atoms with Crippen molar-refractivity contribution in [1.82, 2.24) is 0 Å². The molecule has 0 aromatic heterocycles. The summed E-state index contributed by atoms with van der Waals surface area (Å²) < 4.78 is 0. The Labute approximate surface area is 126 Å². The zero-order chi connectivity index (χ0) is 14.3. The van der Waals surface area contributed by atoms with Crippen molar-refractivity contribution < 1.29 is 5.11 Å². The van der Waals surface area contributed by atoms with Gasteiger partial charge in [-0.2, -0.15) is 0 Å². The van der Waals surface area contributed by atoms with Gasteiger partial charge in [0.05, 0.1) is 0 Å². The SMILES string of the molecule is Oc1ccc(C2=Cc3ccccc3C23CCCCC3)cc1. The highest BCUT2D eigenvalue weighted by atomic mass is 16.3. The monoisotopic (exact) mass is 276 g/mol. The minimum absolute atomic E-state index is 0.200. The maximum absolute atomic E-state index is 9.56. The largest absolute Gasteiger partial charge is 0.508 e. The number of phenols is 1. The lowest BCUT2D eigenvalue weighted by Gasteiger charge is -2.38. The summed E-state index contributed by atoms with van der Waals surface area (Å²) in [5.41, 5.74) is 5.79. The second-order valence-corrected chi connectivity index (χ2v) is 6.33. The van der Waals surface area contributed by atoms with Crippen LogP contribution in [0.1, 0.15) is 48.8 Å². The quantitative estimate of drug-likeness (QED) is 0.763. The third-order valence-electron chi connectivity index (χ3n) is 5.18. The third kappa shape index (κ3) is 1.91. The van der Waals surface area contributed by atoms with Crippen LogP contribution < -0.4 is 0 Å². The minimum atomic E-state index is 0.200. The molecular formula is C20H20O. The standard InChI is InChI=1S/C20H20O/c21-17-10-8-15(9-11-17)19-14-16-6-2-3-7-18(16)20(19)12-4-1-5-13-20/h2-3,6-11,14,21H,1,4-5,12-13H2. The van der Waals surface area contributed by atoms with Crippen molar-refractivity contribution in [3.05, 3.63) is 65.2 Å². The van der Waals surface area contributed by atoms with Crippen LogP contribution in [0.3, 0.4) is 0 Å². The first-order chi connectivity index (χ1) is 10.3. The Kier molecular flexibility index (Phi) is 2.88. The zero-order valence-electron chi connectivity index (χ0n) is 12.2. The van der Waals surface area contributed by atoms with E-state index in [0.29, 0.717) is 5.75 Å². The summed E-state index contributed by atoms with van der Waals surface area (Å²) >= 11 is 0. The van der Waals surface area contributed by atoms with Crippen molar-refractivity contribution in [3.8, 4) is 5.75 Å². The first-order valence-electron chi connectivity index (χ1n) is 7.91. The fourth-order valence-corrected chi connectivity index (χ4v) is 4.19. The number of hydrogen-bond donors (Lipinski definition) is 1. The molecule has 0 unspecified atom stereocenters. The van der Waals surface area contributed by atoms with Gasteiger partial charge in [0.25, 0.3) is 0 Å². The van der Waals surface area contributed by atoms with E-state index >= 15 is 0 Å². The highest BCUT2D eigenvalue weighted by Gasteiger charge is 2.42. The van der Waals surface area contributed by atoms with E-state index in [1.54, 1.807) is 12.1 Å². The van der Waals surface area contributed by atoms with E-state index in [9.17, 15) is 5.11 Å². The Morgan fingerprint density at radius 3 is 2.29 bits per heavy atom. The average Bonchev–Trinajstić information content (AvgIpc) is 2.84. The summed E-state index contributed by atoms with van der Waals surface area (Å²) in [7, 11) is 0. The Balaban J connectivity index is 1.87. The van der Waals surface area contributed by atoms with Gasteiger partial charge in [0, 0.05) is 5.41 Å². The topological polar surface area (TPSA) is 20.2 Å². The molecule has 1 fully saturated rings. The van der Waals surface area contributed by atoms with E-state index in [1.807, 2.05) is 0 Å². The average molecular weight is 276 g/mol. The Hall–Kier alpha value is -2.02. The number of hydrogen-bond acceptors (Lipinski definition) is 1. The molecule has 0 amide bonds. The van der Waals surface area contributed by atoms with Crippen LogP contribution in [0.4, 0.5) is 0 Å². The van der Waals surface area contributed by atoms with E-state index in [4.69, 9.17) is 0 Å². The van der Waals surface area contributed by atoms with E-state index in [2.05, 4.69) is 42.5 Å². The van der Waals surface area contributed by atoms with Gasteiger partial charge in [-0.15, -0.1) is 0 Å². The van der Waals surface area contributed by atoms with Gasteiger partial charge in [-0.3, -0.25) is 0 Å². The van der Waals surface area contributed by atoms with Gasteiger partial charge in [0.15, 0.2) is 0 Å². The summed E-state index contributed by atoms with van der Waals surface area (Å²) in [6.07, 6.45) is 8.83. The van der Waals surface area contributed by atoms with Crippen molar-refractivity contribution in [2.45, 2.75) is 37.5 Å².